The van der Waals surface area contributed by atoms with Crippen LogP contribution >= 0.6 is 11.8 Å². The van der Waals surface area contributed by atoms with Gasteiger partial charge in [-0.2, -0.15) is 5.26 Å². The van der Waals surface area contributed by atoms with E-state index in [1.165, 1.54) is 24.4 Å². The van der Waals surface area contributed by atoms with Gasteiger partial charge in [-0.15, -0.1) is 0 Å². The van der Waals surface area contributed by atoms with Gasteiger partial charge >= 0.3 is 5.97 Å². The number of aryl methyl sites for hydroxylation is 1. The van der Waals surface area contributed by atoms with Gasteiger partial charge in [-0.25, -0.2) is 9.78 Å². The van der Waals surface area contributed by atoms with Gasteiger partial charge in [-0.1, -0.05) is 11.8 Å². The number of thioether (sulfide) groups is 1. The van der Waals surface area contributed by atoms with E-state index in [0.717, 1.165) is 35.5 Å². The van der Waals surface area contributed by atoms with Crippen molar-refractivity contribution >= 4 is 17.7 Å². The largest absolute Gasteiger partial charge is 0.463 e. The lowest BCUT2D eigenvalue weighted by molar-refractivity contribution is 0.0563. The predicted molar refractivity (Wildman–Crippen MR) is 90.0 cm³/mol. The van der Waals surface area contributed by atoms with Gasteiger partial charge in [0.05, 0.1) is 17.9 Å². The lowest BCUT2D eigenvalue weighted by atomic mass is 10.0. The first-order valence-electron chi connectivity index (χ1n) is 7.82. The van der Waals surface area contributed by atoms with Crippen molar-refractivity contribution in [2.45, 2.75) is 43.4 Å². The van der Waals surface area contributed by atoms with E-state index >= 15 is 0 Å². The zero-order valence-electron chi connectivity index (χ0n) is 13.9. The SMILES string of the molecule is COC(=O)c1ccc([C@@H](C)Sc2nc3c(c(C)c2C#N)CCC3)o1. The quantitative estimate of drug-likeness (QED) is 0.618. The van der Waals surface area contributed by atoms with E-state index in [0.29, 0.717) is 11.3 Å². The smallest absolute Gasteiger partial charge is 0.373 e. The summed E-state index contributed by atoms with van der Waals surface area (Å²) < 4.78 is 10.2. The molecule has 0 fully saturated rings. The highest BCUT2D eigenvalue weighted by molar-refractivity contribution is 7.99. The first-order chi connectivity index (χ1) is 11.5. The number of esters is 1. The summed E-state index contributed by atoms with van der Waals surface area (Å²) in [7, 11) is 1.32. The standard InChI is InChI=1S/C18H18N2O3S/c1-10-12-5-4-6-14(12)20-17(13(10)9-19)24-11(2)15-7-8-16(23-15)18(21)22-3/h7-8,11H,4-6H2,1-3H3/t11-/m1/s1. The number of carbonyl (C=O) groups excluding carboxylic acids is 1. The molecule has 0 amide bonds. The van der Waals surface area contributed by atoms with Crippen molar-refractivity contribution in [3.63, 3.8) is 0 Å². The van der Waals surface area contributed by atoms with Crippen molar-refractivity contribution in [1.29, 1.82) is 5.26 Å². The molecule has 1 aliphatic carbocycles. The van der Waals surface area contributed by atoms with Crippen molar-refractivity contribution in [2.75, 3.05) is 7.11 Å². The number of carbonyl (C=O) groups is 1. The van der Waals surface area contributed by atoms with E-state index in [4.69, 9.17) is 9.40 Å². The molecule has 2 aromatic rings. The van der Waals surface area contributed by atoms with Crippen LogP contribution in [0.4, 0.5) is 0 Å². The number of pyridine rings is 1. The zero-order valence-corrected chi connectivity index (χ0v) is 14.7. The molecule has 124 valence electrons. The highest BCUT2D eigenvalue weighted by Crippen LogP contribution is 2.39. The van der Waals surface area contributed by atoms with Crippen LogP contribution in [0.3, 0.4) is 0 Å². The number of hydrogen-bond acceptors (Lipinski definition) is 6. The second-order valence-corrected chi connectivity index (χ2v) is 7.09. The first kappa shape index (κ1) is 16.6. The minimum Gasteiger partial charge on any atom is -0.463 e. The Balaban J connectivity index is 1.88. The summed E-state index contributed by atoms with van der Waals surface area (Å²) in [6.45, 7) is 3.97. The molecule has 0 aliphatic heterocycles. The Morgan fingerprint density at radius 3 is 2.96 bits per heavy atom. The van der Waals surface area contributed by atoms with E-state index in [9.17, 15) is 10.1 Å². The lowest BCUT2D eigenvalue weighted by Crippen LogP contribution is -2.01. The molecule has 1 atom stereocenters. The van der Waals surface area contributed by atoms with E-state index in [1.807, 2.05) is 13.8 Å². The third kappa shape index (κ3) is 2.92. The predicted octanol–water partition coefficient (Wildman–Crippen LogP) is 3.98. The van der Waals surface area contributed by atoms with Crippen LogP contribution in [0.1, 0.15) is 57.3 Å². The molecule has 6 heteroatoms. The highest BCUT2D eigenvalue weighted by Gasteiger charge is 2.23. The summed E-state index contributed by atoms with van der Waals surface area (Å²) >= 11 is 1.48. The summed E-state index contributed by atoms with van der Waals surface area (Å²) in [5.74, 6) is 0.338. The van der Waals surface area contributed by atoms with Gasteiger partial charge in [-0.3, -0.25) is 0 Å². The molecule has 0 spiro atoms. The minimum absolute atomic E-state index is 0.0677. The van der Waals surface area contributed by atoms with Crippen LogP contribution in [-0.4, -0.2) is 18.1 Å². The molecule has 0 aromatic carbocycles. The summed E-state index contributed by atoms with van der Waals surface area (Å²) in [5, 5.41) is 10.2. The van der Waals surface area contributed by atoms with Crippen LogP contribution < -0.4 is 0 Å². The van der Waals surface area contributed by atoms with Gasteiger partial charge in [0, 0.05) is 5.69 Å². The average molecular weight is 342 g/mol. The van der Waals surface area contributed by atoms with E-state index in [1.54, 1.807) is 12.1 Å². The van der Waals surface area contributed by atoms with Gasteiger partial charge in [-0.05, 0) is 56.4 Å². The number of hydrogen-bond donors (Lipinski definition) is 0. The fraction of sp³-hybridized carbons (Fsp3) is 0.389. The molecule has 1 aliphatic rings. The van der Waals surface area contributed by atoms with Crippen LogP contribution in [0.15, 0.2) is 21.6 Å². The third-order valence-electron chi connectivity index (χ3n) is 4.28. The van der Waals surface area contributed by atoms with Gasteiger partial charge in [0.1, 0.15) is 16.9 Å². The maximum Gasteiger partial charge on any atom is 0.373 e. The molecule has 0 bridgehead atoms. The van der Waals surface area contributed by atoms with Gasteiger partial charge in [0.2, 0.25) is 5.76 Å². The van der Waals surface area contributed by atoms with Crippen molar-refractivity contribution in [3.05, 3.63) is 46.0 Å². The molecule has 3 rings (SSSR count). The molecule has 5 nitrogen and oxygen atoms in total. The number of methoxy groups -OCH3 is 1. The van der Waals surface area contributed by atoms with Gasteiger partial charge in [0.25, 0.3) is 0 Å². The Hall–Kier alpha value is -2.26. The van der Waals surface area contributed by atoms with Crippen molar-refractivity contribution in [3.8, 4) is 6.07 Å². The average Bonchev–Trinajstić information content (AvgIpc) is 3.23. The number of furan rings is 1. The minimum atomic E-state index is -0.498. The monoisotopic (exact) mass is 342 g/mol. The normalized spacial score (nSPS) is 14.1. The molecular weight excluding hydrogens is 324 g/mol. The number of fused-ring (bicyclic) bond motifs is 1. The number of nitrogens with zero attached hydrogens (tertiary/aromatic N) is 2. The van der Waals surface area contributed by atoms with Crippen molar-refractivity contribution in [1.82, 2.24) is 4.98 Å². The Morgan fingerprint density at radius 2 is 2.25 bits per heavy atom. The number of ether oxygens (including phenoxy) is 1. The molecule has 0 N–H and O–H groups in total. The second kappa shape index (κ2) is 6.70. The maximum absolute atomic E-state index is 11.5. The fourth-order valence-electron chi connectivity index (χ4n) is 2.97. The fourth-order valence-corrected chi connectivity index (χ4v) is 4.03. The molecule has 0 radical (unpaired) electrons. The van der Waals surface area contributed by atoms with Crippen molar-refractivity contribution in [2.24, 2.45) is 0 Å². The second-order valence-electron chi connectivity index (χ2n) is 5.76. The van der Waals surface area contributed by atoms with Gasteiger partial charge < -0.3 is 9.15 Å². The topological polar surface area (TPSA) is 76.1 Å². The molecule has 0 saturated carbocycles. The first-order valence-corrected chi connectivity index (χ1v) is 8.70. The molecule has 24 heavy (non-hydrogen) atoms. The Bertz CT molecular complexity index is 836. The summed E-state index contributed by atoms with van der Waals surface area (Å²) in [6, 6.07) is 5.66. The highest BCUT2D eigenvalue weighted by atomic mass is 32.2. The van der Waals surface area contributed by atoms with Crippen molar-refractivity contribution < 1.29 is 13.9 Å². The summed E-state index contributed by atoms with van der Waals surface area (Å²) in [6.07, 6.45) is 3.07. The zero-order chi connectivity index (χ0) is 17.3. The van der Waals surface area contributed by atoms with Crippen LogP contribution in [0.25, 0.3) is 0 Å². The summed E-state index contributed by atoms with van der Waals surface area (Å²) in [4.78, 5) is 16.2. The van der Waals surface area contributed by atoms with E-state index in [-0.39, 0.29) is 11.0 Å². The van der Waals surface area contributed by atoms with E-state index in [2.05, 4.69) is 10.8 Å². The Kier molecular flexibility index (Phi) is 4.63. The molecular formula is C18H18N2O3S. The number of rotatable bonds is 4. The number of aromatic nitrogens is 1. The number of nitriles is 1. The van der Waals surface area contributed by atoms with Gasteiger partial charge in [0.15, 0.2) is 0 Å². The maximum atomic E-state index is 11.5. The van der Waals surface area contributed by atoms with Crippen LogP contribution in [0.2, 0.25) is 0 Å². The van der Waals surface area contributed by atoms with Crippen LogP contribution in [0, 0.1) is 18.3 Å². The third-order valence-corrected chi connectivity index (χ3v) is 5.39. The molecule has 0 unspecified atom stereocenters. The van der Waals surface area contributed by atoms with Crippen LogP contribution in [-0.2, 0) is 17.6 Å². The summed E-state index contributed by atoms with van der Waals surface area (Å²) in [5.41, 5.74) is 4.03. The molecule has 0 saturated heterocycles. The van der Waals surface area contributed by atoms with E-state index < -0.39 is 5.97 Å². The molecule has 2 aromatic heterocycles. The van der Waals surface area contributed by atoms with Crippen LogP contribution in [0.5, 0.6) is 0 Å². The molecule has 2 heterocycles. The Labute approximate surface area is 145 Å². The lowest BCUT2D eigenvalue weighted by Gasteiger charge is -2.13. The Morgan fingerprint density at radius 1 is 1.46 bits per heavy atom.